The first-order valence-corrected chi connectivity index (χ1v) is 8.07. The number of carbonyl (C=O) groups is 2. The standard InChI is InChI=1S/C18H20ClN3O2/c1-13(14-6-5-7-15(19)12-14)21-17(23)10-11-20-18(24)22-16-8-3-2-4-9-16/h2-9,12-13H,10-11H2,1H3,(H,21,23)(H2,20,22,24)/t13-/m0/s1. The number of nitrogens with one attached hydrogen (secondary N) is 3. The van der Waals surface area contributed by atoms with Gasteiger partial charge in [0.2, 0.25) is 5.91 Å². The summed E-state index contributed by atoms with van der Waals surface area (Å²) in [6, 6.07) is 16.0. The van der Waals surface area contributed by atoms with Crippen LogP contribution < -0.4 is 16.0 Å². The first-order chi connectivity index (χ1) is 11.5. The van der Waals surface area contributed by atoms with Gasteiger partial charge in [-0.3, -0.25) is 4.79 Å². The second-order valence-electron chi connectivity index (χ2n) is 5.34. The minimum atomic E-state index is -0.336. The molecule has 0 unspecified atom stereocenters. The van der Waals surface area contributed by atoms with E-state index in [2.05, 4.69) is 16.0 Å². The smallest absolute Gasteiger partial charge is 0.319 e. The van der Waals surface area contributed by atoms with Gasteiger partial charge in [0.25, 0.3) is 0 Å². The molecule has 0 aliphatic rings. The zero-order valence-electron chi connectivity index (χ0n) is 13.4. The Kier molecular flexibility index (Phi) is 6.63. The number of hydrogen-bond acceptors (Lipinski definition) is 2. The van der Waals surface area contributed by atoms with Gasteiger partial charge in [0.05, 0.1) is 6.04 Å². The Balaban J connectivity index is 1.70. The lowest BCUT2D eigenvalue weighted by Crippen LogP contribution is -2.34. The summed E-state index contributed by atoms with van der Waals surface area (Å²) in [5, 5.41) is 8.85. The van der Waals surface area contributed by atoms with Crippen molar-refractivity contribution < 1.29 is 9.59 Å². The molecule has 2 aromatic carbocycles. The maximum absolute atomic E-state index is 11.9. The second kappa shape index (κ2) is 8.93. The van der Waals surface area contributed by atoms with Crippen LogP contribution in [0.15, 0.2) is 54.6 Å². The average molecular weight is 346 g/mol. The fourth-order valence-corrected chi connectivity index (χ4v) is 2.36. The minimum Gasteiger partial charge on any atom is -0.350 e. The maximum Gasteiger partial charge on any atom is 0.319 e. The number of benzene rings is 2. The molecule has 0 fully saturated rings. The number of amides is 3. The molecule has 3 N–H and O–H groups in total. The molecule has 0 spiro atoms. The Morgan fingerprint density at radius 3 is 2.54 bits per heavy atom. The number of halogens is 1. The van der Waals surface area contributed by atoms with E-state index < -0.39 is 0 Å². The lowest BCUT2D eigenvalue weighted by Gasteiger charge is -2.15. The van der Waals surface area contributed by atoms with Gasteiger partial charge >= 0.3 is 6.03 Å². The molecular formula is C18H20ClN3O2. The normalized spacial score (nSPS) is 11.4. The first kappa shape index (κ1) is 17.8. The molecule has 0 radical (unpaired) electrons. The largest absolute Gasteiger partial charge is 0.350 e. The van der Waals surface area contributed by atoms with Gasteiger partial charge in [0.1, 0.15) is 0 Å². The third kappa shape index (κ3) is 5.93. The summed E-state index contributed by atoms with van der Waals surface area (Å²) in [5.41, 5.74) is 1.64. The van der Waals surface area contributed by atoms with Crippen LogP contribution in [0.1, 0.15) is 24.9 Å². The van der Waals surface area contributed by atoms with Crippen LogP contribution in [-0.4, -0.2) is 18.5 Å². The highest BCUT2D eigenvalue weighted by atomic mass is 35.5. The Morgan fingerprint density at radius 2 is 1.83 bits per heavy atom. The van der Waals surface area contributed by atoms with E-state index >= 15 is 0 Å². The van der Waals surface area contributed by atoms with Crippen molar-refractivity contribution in [2.24, 2.45) is 0 Å². The highest BCUT2D eigenvalue weighted by molar-refractivity contribution is 6.30. The molecule has 0 aromatic heterocycles. The first-order valence-electron chi connectivity index (χ1n) is 7.69. The molecular weight excluding hydrogens is 326 g/mol. The molecule has 0 saturated heterocycles. The van der Waals surface area contributed by atoms with Crippen molar-refractivity contribution in [3.05, 3.63) is 65.2 Å². The summed E-state index contributed by atoms with van der Waals surface area (Å²) in [7, 11) is 0. The van der Waals surface area contributed by atoms with E-state index in [0.717, 1.165) is 5.56 Å². The average Bonchev–Trinajstić information content (AvgIpc) is 2.55. The van der Waals surface area contributed by atoms with E-state index in [1.54, 1.807) is 18.2 Å². The summed E-state index contributed by atoms with van der Waals surface area (Å²) >= 11 is 5.94. The molecule has 2 rings (SSSR count). The predicted molar refractivity (Wildman–Crippen MR) is 96.1 cm³/mol. The molecule has 5 nitrogen and oxygen atoms in total. The highest BCUT2D eigenvalue weighted by Gasteiger charge is 2.10. The quantitative estimate of drug-likeness (QED) is 0.746. The monoisotopic (exact) mass is 345 g/mol. The predicted octanol–water partition coefficient (Wildman–Crippen LogP) is 3.73. The van der Waals surface area contributed by atoms with E-state index in [0.29, 0.717) is 10.7 Å². The topological polar surface area (TPSA) is 70.2 Å². The Bertz CT molecular complexity index is 692. The van der Waals surface area contributed by atoms with Crippen molar-refractivity contribution in [3.63, 3.8) is 0 Å². The summed E-state index contributed by atoms with van der Waals surface area (Å²) in [6.45, 7) is 2.14. The fourth-order valence-electron chi connectivity index (χ4n) is 2.16. The number of hydrogen-bond donors (Lipinski definition) is 3. The zero-order valence-corrected chi connectivity index (χ0v) is 14.1. The summed E-state index contributed by atoms with van der Waals surface area (Å²) in [6.07, 6.45) is 0.202. The van der Waals surface area contributed by atoms with E-state index in [1.807, 2.05) is 43.3 Å². The van der Waals surface area contributed by atoms with Crippen LogP contribution in [0.5, 0.6) is 0 Å². The third-order valence-corrected chi connectivity index (χ3v) is 3.63. The van der Waals surface area contributed by atoms with Crippen molar-refractivity contribution in [2.75, 3.05) is 11.9 Å². The van der Waals surface area contributed by atoms with Crippen LogP contribution in [0.4, 0.5) is 10.5 Å². The number of urea groups is 1. The molecule has 0 heterocycles. The molecule has 6 heteroatoms. The molecule has 2 aromatic rings. The number of carbonyl (C=O) groups excluding carboxylic acids is 2. The molecule has 3 amide bonds. The lowest BCUT2D eigenvalue weighted by molar-refractivity contribution is -0.121. The maximum atomic E-state index is 11.9. The molecule has 24 heavy (non-hydrogen) atoms. The third-order valence-electron chi connectivity index (χ3n) is 3.40. The van der Waals surface area contributed by atoms with Gasteiger partial charge in [-0.05, 0) is 36.8 Å². The van der Waals surface area contributed by atoms with Crippen LogP contribution in [0.2, 0.25) is 5.02 Å². The lowest BCUT2D eigenvalue weighted by atomic mass is 10.1. The number of para-hydroxylation sites is 1. The van der Waals surface area contributed by atoms with Gasteiger partial charge in [-0.1, -0.05) is 41.9 Å². The molecule has 0 saturated carbocycles. The summed E-state index contributed by atoms with van der Waals surface area (Å²) in [4.78, 5) is 23.6. The van der Waals surface area contributed by atoms with Crippen molar-refractivity contribution >= 4 is 29.2 Å². The Hall–Kier alpha value is -2.53. The number of anilines is 1. The van der Waals surface area contributed by atoms with Crippen LogP contribution in [-0.2, 0) is 4.79 Å². The Morgan fingerprint density at radius 1 is 1.08 bits per heavy atom. The van der Waals surface area contributed by atoms with Gasteiger partial charge < -0.3 is 16.0 Å². The number of rotatable bonds is 6. The van der Waals surface area contributed by atoms with Gasteiger partial charge in [0, 0.05) is 23.7 Å². The summed E-state index contributed by atoms with van der Waals surface area (Å²) in [5.74, 6) is -0.137. The Labute approximate surface area is 146 Å². The van der Waals surface area contributed by atoms with Crippen molar-refractivity contribution in [1.82, 2.24) is 10.6 Å². The van der Waals surface area contributed by atoms with Gasteiger partial charge in [-0.2, -0.15) is 0 Å². The summed E-state index contributed by atoms with van der Waals surface area (Å²) < 4.78 is 0. The minimum absolute atomic E-state index is 0.137. The van der Waals surface area contributed by atoms with Crippen LogP contribution >= 0.6 is 11.6 Å². The molecule has 1 atom stereocenters. The zero-order chi connectivity index (χ0) is 17.4. The molecule has 0 aliphatic heterocycles. The highest BCUT2D eigenvalue weighted by Crippen LogP contribution is 2.17. The van der Waals surface area contributed by atoms with Gasteiger partial charge in [0.15, 0.2) is 0 Å². The van der Waals surface area contributed by atoms with Crippen molar-refractivity contribution in [1.29, 1.82) is 0 Å². The van der Waals surface area contributed by atoms with E-state index in [9.17, 15) is 9.59 Å². The van der Waals surface area contributed by atoms with Crippen molar-refractivity contribution in [3.8, 4) is 0 Å². The van der Waals surface area contributed by atoms with Crippen LogP contribution in [0.25, 0.3) is 0 Å². The van der Waals surface area contributed by atoms with Crippen molar-refractivity contribution in [2.45, 2.75) is 19.4 Å². The fraction of sp³-hybridized carbons (Fsp3) is 0.222. The van der Waals surface area contributed by atoms with E-state index in [4.69, 9.17) is 11.6 Å². The van der Waals surface area contributed by atoms with E-state index in [-0.39, 0.29) is 30.9 Å². The van der Waals surface area contributed by atoms with Crippen LogP contribution in [0.3, 0.4) is 0 Å². The van der Waals surface area contributed by atoms with Gasteiger partial charge in [-0.15, -0.1) is 0 Å². The second-order valence-corrected chi connectivity index (χ2v) is 5.78. The van der Waals surface area contributed by atoms with E-state index in [1.165, 1.54) is 0 Å². The molecule has 0 bridgehead atoms. The molecule has 126 valence electrons. The van der Waals surface area contributed by atoms with Crippen LogP contribution in [0, 0.1) is 0 Å². The SMILES string of the molecule is C[C@H](NC(=O)CCNC(=O)Nc1ccccc1)c1cccc(Cl)c1. The van der Waals surface area contributed by atoms with Gasteiger partial charge in [-0.25, -0.2) is 4.79 Å². The molecule has 0 aliphatic carbocycles.